The van der Waals surface area contributed by atoms with Gasteiger partial charge < -0.3 is 10.1 Å². The molecule has 1 heterocycles. The van der Waals surface area contributed by atoms with Crippen LogP contribution in [0.2, 0.25) is 5.02 Å². The molecule has 0 radical (unpaired) electrons. The molecule has 8 heteroatoms. The Morgan fingerprint density at radius 1 is 1.23 bits per heavy atom. The number of halogens is 1. The number of benzene rings is 2. The van der Waals surface area contributed by atoms with Gasteiger partial charge in [-0.3, -0.25) is 4.79 Å². The molecular weight excluding hydrogens is 376 g/mol. The van der Waals surface area contributed by atoms with Gasteiger partial charge in [-0.05, 0) is 36.2 Å². The van der Waals surface area contributed by atoms with Gasteiger partial charge >= 0.3 is 0 Å². The topological polar surface area (TPSA) is 75.7 Å². The second-order valence-electron chi connectivity index (χ2n) is 5.99. The molecule has 2 aromatic carbocycles. The zero-order chi connectivity index (χ0) is 18.9. The van der Waals surface area contributed by atoms with E-state index in [2.05, 4.69) is 5.32 Å². The van der Waals surface area contributed by atoms with Gasteiger partial charge in [-0.25, -0.2) is 8.42 Å². The number of carbonyl (C=O) groups excluding carboxylic acids is 1. The smallest absolute Gasteiger partial charge is 0.247 e. The quantitative estimate of drug-likeness (QED) is 0.864. The third-order valence-corrected chi connectivity index (χ3v) is 6.50. The number of methoxy groups -OCH3 is 1. The highest BCUT2D eigenvalue weighted by molar-refractivity contribution is 7.89. The standard InChI is InChI=1S/C18H19ClN2O4S/c1-12-7-8-15(25-2)16(11-12)26(23,24)21-10-9-20-18(22)17(21)13-5-3-4-6-14(13)19/h3-8,11,17H,9-10H2,1-2H3,(H,20,22)/t17-/m0/s1. The Morgan fingerprint density at radius 2 is 1.96 bits per heavy atom. The largest absolute Gasteiger partial charge is 0.495 e. The SMILES string of the molecule is COc1ccc(C)cc1S(=O)(=O)N1CCNC(=O)[C@@H]1c1ccccc1Cl. The summed E-state index contributed by atoms with van der Waals surface area (Å²) in [7, 11) is -2.57. The highest BCUT2D eigenvalue weighted by Crippen LogP contribution is 2.36. The minimum atomic E-state index is -3.99. The first kappa shape index (κ1) is 18.7. The summed E-state index contributed by atoms with van der Waals surface area (Å²) < 4.78 is 33.2. The number of nitrogens with one attached hydrogen (secondary N) is 1. The van der Waals surface area contributed by atoms with E-state index in [4.69, 9.17) is 16.3 Å². The Balaban J connectivity index is 2.15. The minimum Gasteiger partial charge on any atom is -0.495 e. The maximum absolute atomic E-state index is 13.4. The highest BCUT2D eigenvalue weighted by atomic mass is 35.5. The van der Waals surface area contributed by atoms with Gasteiger partial charge in [0.1, 0.15) is 16.7 Å². The molecule has 0 unspecified atom stereocenters. The van der Waals surface area contributed by atoms with Crippen molar-refractivity contribution in [2.45, 2.75) is 17.9 Å². The van der Waals surface area contributed by atoms with Crippen molar-refractivity contribution in [3.8, 4) is 5.75 Å². The maximum Gasteiger partial charge on any atom is 0.247 e. The van der Waals surface area contributed by atoms with Gasteiger partial charge in [-0.1, -0.05) is 35.9 Å². The molecule has 1 fully saturated rings. The molecule has 1 amide bonds. The number of hydrogen-bond donors (Lipinski definition) is 1. The summed E-state index contributed by atoms with van der Waals surface area (Å²) in [5.41, 5.74) is 1.22. The lowest BCUT2D eigenvalue weighted by atomic mass is 10.0. The van der Waals surface area contributed by atoms with E-state index < -0.39 is 22.0 Å². The van der Waals surface area contributed by atoms with Gasteiger partial charge in [0.25, 0.3) is 0 Å². The van der Waals surface area contributed by atoms with Crippen molar-refractivity contribution in [2.24, 2.45) is 0 Å². The van der Waals surface area contributed by atoms with Gasteiger partial charge in [0.2, 0.25) is 15.9 Å². The van der Waals surface area contributed by atoms with Crippen LogP contribution in [0.25, 0.3) is 0 Å². The van der Waals surface area contributed by atoms with Gasteiger partial charge in [0.05, 0.1) is 7.11 Å². The van der Waals surface area contributed by atoms with Crippen molar-refractivity contribution in [3.05, 3.63) is 58.6 Å². The molecule has 26 heavy (non-hydrogen) atoms. The third-order valence-electron chi connectivity index (χ3n) is 4.27. The summed E-state index contributed by atoms with van der Waals surface area (Å²) >= 11 is 6.24. The number of nitrogens with zero attached hydrogens (tertiary/aromatic N) is 1. The van der Waals surface area contributed by atoms with E-state index in [-0.39, 0.29) is 23.7 Å². The molecule has 6 nitrogen and oxygen atoms in total. The molecule has 1 saturated heterocycles. The fourth-order valence-corrected chi connectivity index (χ4v) is 5.06. The van der Waals surface area contributed by atoms with Crippen molar-refractivity contribution in [3.63, 3.8) is 0 Å². The summed E-state index contributed by atoms with van der Waals surface area (Å²) in [5, 5.41) is 3.06. The molecule has 1 N–H and O–H groups in total. The fourth-order valence-electron chi connectivity index (χ4n) is 3.01. The average Bonchev–Trinajstić information content (AvgIpc) is 2.62. The molecule has 3 rings (SSSR count). The van der Waals surface area contributed by atoms with Crippen molar-refractivity contribution >= 4 is 27.5 Å². The van der Waals surface area contributed by atoms with Gasteiger partial charge in [0, 0.05) is 18.1 Å². The number of ether oxygens (including phenoxy) is 1. The molecule has 1 aliphatic heterocycles. The Bertz CT molecular complexity index is 946. The molecule has 0 saturated carbocycles. The first-order chi connectivity index (χ1) is 12.4. The summed E-state index contributed by atoms with van der Waals surface area (Å²) in [6.45, 7) is 2.17. The average molecular weight is 395 g/mol. The summed E-state index contributed by atoms with van der Waals surface area (Å²) in [5.74, 6) is -0.168. The van der Waals surface area contributed by atoms with Gasteiger partial charge in [-0.2, -0.15) is 4.31 Å². The Hall–Kier alpha value is -2.09. The second kappa shape index (κ2) is 7.26. The lowest BCUT2D eigenvalue weighted by molar-refractivity contribution is -0.126. The molecule has 1 aliphatic rings. The van der Waals surface area contributed by atoms with E-state index >= 15 is 0 Å². The Kier molecular flexibility index (Phi) is 5.22. The zero-order valence-electron chi connectivity index (χ0n) is 14.4. The van der Waals surface area contributed by atoms with Crippen LogP contribution in [-0.4, -0.2) is 38.8 Å². The van der Waals surface area contributed by atoms with E-state index in [0.29, 0.717) is 10.6 Å². The Morgan fingerprint density at radius 3 is 2.65 bits per heavy atom. The van der Waals surface area contributed by atoms with Crippen LogP contribution < -0.4 is 10.1 Å². The first-order valence-corrected chi connectivity index (χ1v) is 9.86. The molecule has 0 aromatic heterocycles. The van der Waals surface area contributed by atoms with Crippen molar-refractivity contribution in [2.75, 3.05) is 20.2 Å². The maximum atomic E-state index is 13.4. The second-order valence-corrected chi connectivity index (χ2v) is 8.25. The summed E-state index contributed by atoms with van der Waals surface area (Å²) in [6, 6.07) is 10.6. The first-order valence-electron chi connectivity index (χ1n) is 8.05. The monoisotopic (exact) mass is 394 g/mol. The number of sulfonamides is 1. The number of hydrogen-bond acceptors (Lipinski definition) is 4. The predicted octanol–water partition coefficient (Wildman–Crippen LogP) is 2.52. The van der Waals surface area contributed by atoms with Crippen molar-refractivity contribution in [1.29, 1.82) is 0 Å². The molecule has 0 spiro atoms. The summed E-state index contributed by atoms with van der Waals surface area (Å²) in [4.78, 5) is 12.6. The molecule has 1 atom stereocenters. The van der Waals surface area contributed by atoms with Crippen LogP contribution >= 0.6 is 11.6 Å². The Labute approximate surface area is 157 Å². The van der Waals surface area contributed by atoms with Gasteiger partial charge in [-0.15, -0.1) is 0 Å². The summed E-state index contributed by atoms with van der Waals surface area (Å²) in [6.07, 6.45) is 0. The normalized spacial score (nSPS) is 18.4. The molecule has 0 bridgehead atoms. The molecular formula is C18H19ClN2O4S. The van der Waals surface area contributed by atoms with E-state index in [1.54, 1.807) is 49.4 Å². The van der Waals surface area contributed by atoms with Crippen molar-refractivity contribution < 1.29 is 17.9 Å². The van der Waals surface area contributed by atoms with Gasteiger partial charge in [0.15, 0.2) is 0 Å². The number of aryl methyl sites for hydroxylation is 1. The van der Waals surface area contributed by atoms with Crippen LogP contribution in [0.5, 0.6) is 5.75 Å². The molecule has 138 valence electrons. The van der Waals surface area contributed by atoms with Crippen LogP contribution in [0.3, 0.4) is 0 Å². The minimum absolute atomic E-state index is 0.0340. The third kappa shape index (κ3) is 3.30. The van der Waals surface area contributed by atoms with E-state index in [0.717, 1.165) is 5.56 Å². The zero-order valence-corrected chi connectivity index (χ0v) is 16.0. The van der Waals surface area contributed by atoms with Crippen LogP contribution in [0.1, 0.15) is 17.2 Å². The van der Waals surface area contributed by atoms with Crippen LogP contribution in [-0.2, 0) is 14.8 Å². The fraction of sp³-hybridized carbons (Fsp3) is 0.278. The van der Waals surface area contributed by atoms with E-state index in [1.165, 1.54) is 11.4 Å². The molecule has 2 aromatic rings. The van der Waals surface area contributed by atoms with Crippen LogP contribution in [0, 0.1) is 6.92 Å². The predicted molar refractivity (Wildman–Crippen MR) is 98.8 cm³/mol. The number of carbonyl (C=O) groups is 1. The van der Waals surface area contributed by atoms with Crippen LogP contribution in [0.4, 0.5) is 0 Å². The van der Waals surface area contributed by atoms with Crippen LogP contribution in [0.15, 0.2) is 47.4 Å². The number of piperazine rings is 1. The lowest BCUT2D eigenvalue weighted by Crippen LogP contribution is -2.52. The molecule has 0 aliphatic carbocycles. The number of rotatable bonds is 4. The number of amides is 1. The van der Waals surface area contributed by atoms with E-state index in [9.17, 15) is 13.2 Å². The van der Waals surface area contributed by atoms with E-state index in [1.807, 2.05) is 0 Å². The highest BCUT2D eigenvalue weighted by Gasteiger charge is 2.41. The lowest BCUT2D eigenvalue weighted by Gasteiger charge is -2.34. The van der Waals surface area contributed by atoms with Crippen molar-refractivity contribution in [1.82, 2.24) is 9.62 Å².